The van der Waals surface area contributed by atoms with Crippen LogP contribution in [0.3, 0.4) is 0 Å². The van der Waals surface area contributed by atoms with Gasteiger partial charge in [-0.15, -0.1) is 0 Å². The van der Waals surface area contributed by atoms with Crippen LogP contribution in [0.2, 0.25) is 5.02 Å². The lowest BCUT2D eigenvalue weighted by molar-refractivity contribution is 0.844. The second-order valence-corrected chi connectivity index (χ2v) is 5.97. The molecule has 0 fully saturated rings. The minimum atomic E-state index is 0.780. The molecule has 19 heavy (non-hydrogen) atoms. The zero-order valence-corrected chi connectivity index (χ0v) is 12.9. The average Bonchev–Trinajstić information content (AvgIpc) is 2.42. The van der Waals surface area contributed by atoms with Crippen LogP contribution in [0.4, 0.5) is 5.69 Å². The Kier molecular flexibility index (Phi) is 5.34. The van der Waals surface area contributed by atoms with Crippen LogP contribution in [0.5, 0.6) is 0 Å². The lowest BCUT2D eigenvalue weighted by atomic mass is 10.1. The van der Waals surface area contributed by atoms with Crippen molar-refractivity contribution in [2.45, 2.75) is 19.8 Å². The van der Waals surface area contributed by atoms with Crippen molar-refractivity contribution in [3.63, 3.8) is 0 Å². The van der Waals surface area contributed by atoms with Crippen molar-refractivity contribution in [2.24, 2.45) is 0 Å². The number of halogens is 1. The molecular weight excluding hydrogens is 276 g/mol. The van der Waals surface area contributed by atoms with Gasteiger partial charge in [0.1, 0.15) is 0 Å². The SMILES string of the molecule is CSCCCCNc1c(Cl)cc(C)c2ncccc12. The van der Waals surface area contributed by atoms with Crippen LogP contribution in [-0.4, -0.2) is 23.5 Å². The molecule has 0 amide bonds. The van der Waals surface area contributed by atoms with E-state index in [4.69, 9.17) is 11.6 Å². The summed E-state index contributed by atoms with van der Waals surface area (Å²) in [6.07, 6.45) is 6.36. The monoisotopic (exact) mass is 294 g/mol. The number of aromatic nitrogens is 1. The summed E-state index contributed by atoms with van der Waals surface area (Å²) in [4.78, 5) is 4.44. The Morgan fingerprint density at radius 3 is 3.00 bits per heavy atom. The highest BCUT2D eigenvalue weighted by Crippen LogP contribution is 2.32. The van der Waals surface area contributed by atoms with Crippen LogP contribution in [-0.2, 0) is 0 Å². The van der Waals surface area contributed by atoms with Gasteiger partial charge < -0.3 is 5.32 Å². The first-order valence-corrected chi connectivity index (χ1v) is 8.28. The molecule has 1 heterocycles. The minimum absolute atomic E-state index is 0.780. The van der Waals surface area contributed by atoms with Crippen LogP contribution in [0.25, 0.3) is 10.9 Å². The van der Waals surface area contributed by atoms with Crippen molar-refractivity contribution in [1.29, 1.82) is 0 Å². The van der Waals surface area contributed by atoms with Crippen molar-refractivity contribution < 1.29 is 0 Å². The third kappa shape index (κ3) is 3.54. The number of anilines is 1. The molecule has 102 valence electrons. The topological polar surface area (TPSA) is 24.9 Å². The number of pyridine rings is 1. The van der Waals surface area contributed by atoms with E-state index in [9.17, 15) is 0 Å². The summed E-state index contributed by atoms with van der Waals surface area (Å²) in [5.74, 6) is 1.21. The lowest BCUT2D eigenvalue weighted by Gasteiger charge is -2.13. The van der Waals surface area contributed by atoms with Gasteiger partial charge in [-0.1, -0.05) is 11.6 Å². The van der Waals surface area contributed by atoms with E-state index in [1.165, 1.54) is 12.2 Å². The molecule has 2 aromatic rings. The maximum atomic E-state index is 6.35. The van der Waals surface area contributed by atoms with Crippen LogP contribution in [0, 0.1) is 6.92 Å². The van der Waals surface area contributed by atoms with Gasteiger partial charge in [0.15, 0.2) is 0 Å². The highest BCUT2D eigenvalue weighted by molar-refractivity contribution is 7.98. The van der Waals surface area contributed by atoms with Gasteiger partial charge in [-0.05, 0) is 55.5 Å². The molecule has 2 nitrogen and oxygen atoms in total. The van der Waals surface area contributed by atoms with Crippen molar-refractivity contribution in [2.75, 3.05) is 23.9 Å². The van der Waals surface area contributed by atoms with E-state index >= 15 is 0 Å². The molecule has 4 heteroatoms. The Labute approximate surface area is 123 Å². The van der Waals surface area contributed by atoms with Gasteiger partial charge in [0.25, 0.3) is 0 Å². The van der Waals surface area contributed by atoms with Gasteiger partial charge in [-0.3, -0.25) is 4.98 Å². The second-order valence-electron chi connectivity index (χ2n) is 4.58. The van der Waals surface area contributed by atoms with E-state index in [1.807, 2.05) is 37.0 Å². The maximum absolute atomic E-state index is 6.35. The van der Waals surface area contributed by atoms with E-state index in [0.29, 0.717) is 0 Å². The largest absolute Gasteiger partial charge is 0.383 e. The number of unbranched alkanes of at least 4 members (excludes halogenated alkanes) is 1. The van der Waals surface area contributed by atoms with Gasteiger partial charge in [0.2, 0.25) is 0 Å². The molecule has 0 radical (unpaired) electrons. The Morgan fingerprint density at radius 2 is 2.21 bits per heavy atom. The molecule has 2 rings (SSSR count). The Morgan fingerprint density at radius 1 is 1.37 bits per heavy atom. The number of aryl methyl sites for hydroxylation is 1. The van der Waals surface area contributed by atoms with Crippen molar-refractivity contribution >= 4 is 40.0 Å². The number of thioether (sulfide) groups is 1. The van der Waals surface area contributed by atoms with Crippen LogP contribution < -0.4 is 5.32 Å². The summed E-state index contributed by atoms with van der Waals surface area (Å²) in [5, 5.41) is 5.35. The Balaban J connectivity index is 2.18. The number of rotatable bonds is 6. The summed E-state index contributed by atoms with van der Waals surface area (Å²) < 4.78 is 0. The molecule has 0 saturated heterocycles. The first kappa shape index (κ1) is 14.5. The van der Waals surface area contributed by atoms with Crippen molar-refractivity contribution in [3.05, 3.63) is 35.0 Å². The molecule has 0 atom stereocenters. The Hall–Kier alpha value is -0.930. The number of nitrogens with one attached hydrogen (secondary N) is 1. The average molecular weight is 295 g/mol. The third-order valence-corrected chi connectivity index (χ3v) is 4.10. The number of fused-ring (bicyclic) bond motifs is 1. The lowest BCUT2D eigenvalue weighted by Crippen LogP contribution is -2.04. The number of benzene rings is 1. The fourth-order valence-electron chi connectivity index (χ4n) is 2.14. The van der Waals surface area contributed by atoms with Gasteiger partial charge in [-0.25, -0.2) is 0 Å². The van der Waals surface area contributed by atoms with Crippen molar-refractivity contribution in [1.82, 2.24) is 4.98 Å². The molecule has 0 aliphatic rings. The second kappa shape index (κ2) is 7.01. The van der Waals surface area contributed by atoms with Crippen LogP contribution in [0.1, 0.15) is 18.4 Å². The normalized spacial score (nSPS) is 10.9. The summed E-state index contributed by atoms with van der Waals surface area (Å²) in [6.45, 7) is 3.00. The smallest absolute Gasteiger partial charge is 0.0752 e. The first-order chi connectivity index (χ1) is 9.24. The summed E-state index contributed by atoms with van der Waals surface area (Å²) in [5.41, 5.74) is 3.16. The molecule has 0 spiro atoms. The number of hydrogen-bond donors (Lipinski definition) is 1. The molecule has 0 aliphatic carbocycles. The quantitative estimate of drug-likeness (QED) is 0.778. The third-order valence-electron chi connectivity index (χ3n) is 3.11. The van der Waals surface area contributed by atoms with Gasteiger partial charge in [-0.2, -0.15) is 11.8 Å². The van der Waals surface area contributed by atoms with E-state index in [2.05, 4.69) is 22.6 Å². The molecule has 0 unspecified atom stereocenters. The molecular formula is C15H19ClN2S. The van der Waals surface area contributed by atoms with Gasteiger partial charge >= 0.3 is 0 Å². The fourth-order valence-corrected chi connectivity index (χ4v) is 2.97. The molecule has 0 aliphatic heterocycles. The molecule has 1 N–H and O–H groups in total. The molecule has 1 aromatic carbocycles. The van der Waals surface area contributed by atoms with Crippen LogP contribution >= 0.6 is 23.4 Å². The standard InChI is InChI=1S/C15H19ClN2S/c1-11-10-13(16)15(18-7-3-4-9-19-2)12-6-5-8-17-14(11)12/h5-6,8,10,18H,3-4,7,9H2,1-2H3. The van der Waals surface area contributed by atoms with E-state index < -0.39 is 0 Å². The highest BCUT2D eigenvalue weighted by Gasteiger charge is 2.08. The number of nitrogens with zero attached hydrogens (tertiary/aromatic N) is 1. The van der Waals surface area contributed by atoms with E-state index in [1.54, 1.807) is 0 Å². The summed E-state index contributed by atoms with van der Waals surface area (Å²) >= 11 is 8.25. The minimum Gasteiger partial charge on any atom is -0.383 e. The fraction of sp³-hybridized carbons (Fsp3) is 0.400. The van der Waals surface area contributed by atoms with Gasteiger partial charge in [0, 0.05) is 18.1 Å². The molecule has 0 saturated carbocycles. The maximum Gasteiger partial charge on any atom is 0.0752 e. The zero-order valence-electron chi connectivity index (χ0n) is 11.4. The first-order valence-electron chi connectivity index (χ1n) is 6.50. The summed E-state index contributed by atoms with van der Waals surface area (Å²) in [7, 11) is 0. The van der Waals surface area contributed by atoms with Gasteiger partial charge in [0.05, 0.1) is 16.2 Å². The van der Waals surface area contributed by atoms with Crippen LogP contribution in [0.15, 0.2) is 24.4 Å². The predicted octanol–water partition coefficient (Wildman–Crippen LogP) is 4.75. The van der Waals surface area contributed by atoms with Crippen molar-refractivity contribution in [3.8, 4) is 0 Å². The van der Waals surface area contributed by atoms with E-state index in [0.717, 1.165) is 40.1 Å². The zero-order chi connectivity index (χ0) is 13.7. The molecule has 0 bridgehead atoms. The highest BCUT2D eigenvalue weighted by atomic mass is 35.5. The van der Waals surface area contributed by atoms with E-state index in [-0.39, 0.29) is 0 Å². The summed E-state index contributed by atoms with van der Waals surface area (Å²) in [6, 6.07) is 6.02. The Bertz CT molecular complexity index is 557. The predicted molar refractivity (Wildman–Crippen MR) is 87.6 cm³/mol. The number of hydrogen-bond acceptors (Lipinski definition) is 3. The molecule has 1 aromatic heterocycles.